The Morgan fingerprint density at radius 1 is 1.45 bits per heavy atom. The van der Waals surface area contributed by atoms with Crippen molar-refractivity contribution in [3.8, 4) is 5.88 Å². The third-order valence-electron chi connectivity index (χ3n) is 3.78. The number of hydrogen-bond acceptors (Lipinski definition) is 5. The lowest BCUT2D eigenvalue weighted by Crippen LogP contribution is -2.49. The summed E-state index contributed by atoms with van der Waals surface area (Å²) in [6.07, 6.45) is -0.0709. The first-order chi connectivity index (χ1) is 10.7. The van der Waals surface area contributed by atoms with Gasteiger partial charge in [-0.25, -0.2) is 4.98 Å². The van der Waals surface area contributed by atoms with Crippen molar-refractivity contribution in [2.45, 2.75) is 18.6 Å². The Bertz CT molecular complexity index is 689. The predicted octanol–water partition coefficient (Wildman–Crippen LogP) is 1.12. The highest BCUT2D eigenvalue weighted by atomic mass is 16.5. The lowest BCUT2D eigenvalue weighted by atomic mass is 10.0. The molecule has 6 nitrogen and oxygen atoms in total. The summed E-state index contributed by atoms with van der Waals surface area (Å²) in [5.41, 5.74) is 1.16. The molecule has 1 saturated heterocycles. The van der Waals surface area contributed by atoms with Crippen LogP contribution >= 0.6 is 0 Å². The first-order valence-corrected chi connectivity index (χ1v) is 7.19. The fourth-order valence-corrected chi connectivity index (χ4v) is 2.55. The number of aliphatic hydroxyl groups is 1. The van der Waals surface area contributed by atoms with Gasteiger partial charge < -0.3 is 19.9 Å². The number of aromatic nitrogens is 1. The molecule has 1 amide bonds. The van der Waals surface area contributed by atoms with Crippen LogP contribution in [0.5, 0.6) is 5.88 Å². The molecule has 2 N–H and O–H groups in total. The van der Waals surface area contributed by atoms with Crippen LogP contribution in [-0.2, 0) is 4.74 Å². The van der Waals surface area contributed by atoms with Crippen molar-refractivity contribution in [3.63, 3.8) is 0 Å². The molecule has 1 aromatic heterocycles. The summed E-state index contributed by atoms with van der Waals surface area (Å²) in [4.78, 5) is 16.9. The lowest BCUT2D eigenvalue weighted by molar-refractivity contribution is -0.0139. The standard InChI is InChI=1S/C16H18N2O4/c1-21-15-8-11(10-4-2-3-5-12(10)17-15)16(20)18-13-9-22-7-6-14(13)19/h2-5,8,13-14,19H,6-7,9H2,1H3,(H,18,20)/t13-,14-/m1/s1. The molecule has 2 heterocycles. The van der Waals surface area contributed by atoms with E-state index in [1.54, 1.807) is 6.07 Å². The molecule has 6 heteroatoms. The van der Waals surface area contributed by atoms with Gasteiger partial charge in [0.2, 0.25) is 5.88 Å². The molecule has 1 aromatic carbocycles. The first-order valence-electron chi connectivity index (χ1n) is 7.19. The van der Waals surface area contributed by atoms with Crippen LogP contribution in [0.1, 0.15) is 16.8 Å². The number of fused-ring (bicyclic) bond motifs is 1. The van der Waals surface area contributed by atoms with Gasteiger partial charge in [-0.05, 0) is 12.5 Å². The van der Waals surface area contributed by atoms with Crippen LogP contribution in [0.15, 0.2) is 30.3 Å². The van der Waals surface area contributed by atoms with E-state index in [-0.39, 0.29) is 5.91 Å². The molecule has 3 rings (SSSR count). The van der Waals surface area contributed by atoms with Crippen LogP contribution in [-0.4, -0.2) is 48.5 Å². The zero-order valence-corrected chi connectivity index (χ0v) is 12.3. The first kappa shape index (κ1) is 14.7. The third kappa shape index (κ3) is 2.88. The molecule has 1 fully saturated rings. The molecule has 0 unspecified atom stereocenters. The van der Waals surface area contributed by atoms with Crippen molar-refractivity contribution in [1.82, 2.24) is 10.3 Å². The number of para-hydroxylation sites is 1. The Balaban J connectivity index is 1.92. The van der Waals surface area contributed by atoms with Gasteiger partial charge in [0.25, 0.3) is 5.91 Å². The average Bonchev–Trinajstić information content (AvgIpc) is 2.55. The van der Waals surface area contributed by atoms with Crippen LogP contribution in [0.4, 0.5) is 0 Å². The fraction of sp³-hybridized carbons (Fsp3) is 0.375. The molecule has 22 heavy (non-hydrogen) atoms. The summed E-state index contributed by atoms with van der Waals surface area (Å²) in [7, 11) is 1.51. The number of rotatable bonds is 3. The second kappa shape index (κ2) is 6.29. The van der Waals surface area contributed by atoms with E-state index in [0.717, 1.165) is 5.39 Å². The van der Waals surface area contributed by atoms with E-state index < -0.39 is 12.1 Å². The molecular weight excluding hydrogens is 284 g/mol. The lowest BCUT2D eigenvalue weighted by Gasteiger charge is -2.28. The van der Waals surface area contributed by atoms with Gasteiger partial charge in [-0.1, -0.05) is 18.2 Å². The topological polar surface area (TPSA) is 80.7 Å². The van der Waals surface area contributed by atoms with E-state index >= 15 is 0 Å². The molecule has 0 spiro atoms. The molecule has 2 aromatic rings. The maximum atomic E-state index is 12.6. The van der Waals surface area contributed by atoms with Crippen molar-refractivity contribution in [2.75, 3.05) is 20.3 Å². The largest absolute Gasteiger partial charge is 0.481 e. The summed E-state index contributed by atoms with van der Waals surface area (Å²) < 4.78 is 10.5. The van der Waals surface area contributed by atoms with Crippen LogP contribution < -0.4 is 10.1 Å². The third-order valence-corrected chi connectivity index (χ3v) is 3.78. The summed E-state index contributed by atoms with van der Waals surface area (Å²) in [5.74, 6) is 0.107. The van der Waals surface area contributed by atoms with Gasteiger partial charge in [0, 0.05) is 18.1 Å². The summed E-state index contributed by atoms with van der Waals surface area (Å²) in [6.45, 7) is 0.826. The van der Waals surface area contributed by atoms with E-state index in [4.69, 9.17) is 9.47 Å². The Labute approximate surface area is 128 Å². The minimum Gasteiger partial charge on any atom is -0.481 e. The maximum Gasteiger partial charge on any atom is 0.252 e. The van der Waals surface area contributed by atoms with Crippen LogP contribution in [0, 0.1) is 0 Å². The SMILES string of the molecule is COc1cc(C(=O)N[C@@H]2COCC[C@H]2O)c2ccccc2n1. The summed E-state index contributed by atoms with van der Waals surface area (Å²) in [6, 6.07) is 8.58. The number of nitrogens with one attached hydrogen (secondary N) is 1. The van der Waals surface area contributed by atoms with Gasteiger partial charge in [-0.15, -0.1) is 0 Å². The van der Waals surface area contributed by atoms with E-state index in [2.05, 4.69) is 10.3 Å². The quantitative estimate of drug-likeness (QED) is 0.888. The van der Waals surface area contributed by atoms with Crippen molar-refractivity contribution >= 4 is 16.8 Å². The number of benzene rings is 1. The monoisotopic (exact) mass is 302 g/mol. The molecule has 0 bridgehead atoms. The number of ether oxygens (including phenoxy) is 2. The Morgan fingerprint density at radius 3 is 3.05 bits per heavy atom. The number of pyridine rings is 1. The molecule has 0 aliphatic carbocycles. The molecule has 2 atom stereocenters. The fourth-order valence-electron chi connectivity index (χ4n) is 2.55. The number of hydrogen-bond donors (Lipinski definition) is 2. The highest BCUT2D eigenvalue weighted by molar-refractivity contribution is 6.06. The van der Waals surface area contributed by atoms with Crippen LogP contribution in [0.2, 0.25) is 0 Å². The number of methoxy groups -OCH3 is 1. The van der Waals surface area contributed by atoms with Crippen molar-refractivity contribution in [2.24, 2.45) is 0 Å². The normalized spacial score (nSPS) is 21.5. The molecule has 0 radical (unpaired) electrons. The van der Waals surface area contributed by atoms with E-state index in [9.17, 15) is 9.90 Å². The van der Waals surface area contributed by atoms with Crippen molar-refractivity contribution in [3.05, 3.63) is 35.9 Å². The van der Waals surface area contributed by atoms with Crippen LogP contribution in [0.3, 0.4) is 0 Å². The number of carbonyl (C=O) groups is 1. The van der Waals surface area contributed by atoms with Crippen LogP contribution in [0.25, 0.3) is 10.9 Å². The zero-order chi connectivity index (χ0) is 15.5. The molecule has 116 valence electrons. The predicted molar refractivity (Wildman–Crippen MR) is 81.0 cm³/mol. The number of aliphatic hydroxyl groups excluding tert-OH is 1. The van der Waals surface area contributed by atoms with Crippen molar-refractivity contribution in [1.29, 1.82) is 0 Å². The Hall–Kier alpha value is -2.18. The Morgan fingerprint density at radius 2 is 2.27 bits per heavy atom. The van der Waals surface area contributed by atoms with E-state index in [1.807, 2.05) is 24.3 Å². The molecule has 0 saturated carbocycles. The molecule has 1 aliphatic rings. The second-order valence-corrected chi connectivity index (χ2v) is 5.24. The number of carbonyl (C=O) groups excluding carboxylic acids is 1. The van der Waals surface area contributed by atoms with Gasteiger partial charge in [-0.3, -0.25) is 4.79 Å². The highest BCUT2D eigenvalue weighted by Crippen LogP contribution is 2.22. The molecular formula is C16H18N2O4. The van der Waals surface area contributed by atoms with Gasteiger partial charge in [0.15, 0.2) is 0 Å². The number of amides is 1. The van der Waals surface area contributed by atoms with Gasteiger partial charge in [-0.2, -0.15) is 0 Å². The Kier molecular flexibility index (Phi) is 4.22. The smallest absolute Gasteiger partial charge is 0.252 e. The minimum absolute atomic E-state index is 0.272. The average molecular weight is 302 g/mol. The maximum absolute atomic E-state index is 12.6. The van der Waals surface area contributed by atoms with Gasteiger partial charge in [0.05, 0.1) is 36.9 Å². The minimum atomic E-state index is -0.590. The number of nitrogens with zero attached hydrogens (tertiary/aromatic N) is 1. The summed E-state index contributed by atoms with van der Waals surface area (Å²) >= 11 is 0. The zero-order valence-electron chi connectivity index (χ0n) is 12.3. The van der Waals surface area contributed by atoms with E-state index in [0.29, 0.717) is 36.6 Å². The second-order valence-electron chi connectivity index (χ2n) is 5.24. The highest BCUT2D eigenvalue weighted by Gasteiger charge is 2.26. The van der Waals surface area contributed by atoms with Gasteiger partial charge in [0.1, 0.15) is 0 Å². The molecule has 1 aliphatic heterocycles. The van der Waals surface area contributed by atoms with Gasteiger partial charge >= 0.3 is 0 Å². The van der Waals surface area contributed by atoms with E-state index in [1.165, 1.54) is 7.11 Å². The van der Waals surface area contributed by atoms with Crippen molar-refractivity contribution < 1.29 is 19.4 Å². The summed E-state index contributed by atoms with van der Waals surface area (Å²) in [5, 5.41) is 13.5.